The van der Waals surface area contributed by atoms with Crippen LogP contribution in [0, 0.1) is 0 Å². The fraction of sp³-hybridized carbons (Fsp3) is 0.944. The van der Waals surface area contributed by atoms with Gasteiger partial charge >= 0.3 is 178 Å². The summed E-state index contributed by atoms with van der Waals surface area (Å²) in [6.45, 7) is 4.55. The van der Waals surface area contributed by atoms with Gasteiger partial charge in [-0.25, -0.2) is 0 Å². The van der Waals surface area contributed by atoms with Gasteiger partial charge in [0.1, 0.15) is 0 Å². The quantitative estimate of drug-likeness (QED) is 0.0497. The zero-order chi connectivity index (χ0) is 29.9. The minimum absolute atomic E-state index is 0.193. The summed E-state index contributed by atoms with van der Waals surface area (Å²) < 4.78 is 10.4. The zero-order valence-electron chi connectivity index (χ0n) is 27.7. The van der Waals surface area contributed by atoms with Crippen LogP contribution in [0.1, 0.15) is 219 Å². The maximum absolute atomic E-state index is 11.9. The molecular weight excluding hydrogens is 624 g/mol. The molecule has 0 aromatic heterocycles. The summed E-state index contributed by atoms with van der Waals surface area (Å²) in [5.41, 5.74) is 0. The van der Waals surface area contributed by atoms with Crippen LogP contribution in [-0.2, 0) is 15.8 Å². The van der Waals surface area contributed by atoms with Gasteiger partial charge in [-0.15, -0.1) is 0 Å². The van der Waals surface area contributed by atoms with Crippen molar-refractivity contribution in [1.29, 1.82) is 0 Å². The van der Waals surface area contributed by atoms with E-state index in [-0.39, 0.29) is 11.9 Å². The molecule has 5 heteroatoms. The first-order valence-electron chi connectivity index (χ1n) is 18.3. The molecule has 0 rings (SSSR count). The van der Waals surface area contributed by atoms with Crippen molar-refractivity contribution in [3.05, 3.63) is 0 Å². The number of unbranched alkanes of at least 4 members (excludes halogenated alkanes) is 28. The van der Waals surface area contributed by atoms with Crippen LogP contribution in [-0.4, -0.2) is 33.7 Å². The Morgan fingerprint density at radius 3 is 0.756 bits per heavy atom. The molecule has 0 aromatic carbocycles. The van der Waals surface area contributed by atoms with Crippen molar-refractivity contribution in [3.8, 4) is 0 Å². The van der Waals surface area contributed by atoms with E-state index < -0.39 is 21.7 Å². The number of carbonyl (C=O) groups excluding carboxylic acids is 2. The Balaban J connectivity index is 3.26. The minimum atomic E-state index is -1.43. The summed E-state index contributed by atoms with van der Waals surface area (Å²) in [6, 6.07) is 0. The average Bonchev–Trinajstić information content (AvgIpc) is 2.97. The molecule has 0 aliphatic rings. The number of hydrogen-bond acceptors (Lipinski definition) is 4. The fourth-order valence-electron chi connectivity index (χ4n) is 5.46. The fourth-order valence-corrected chi connectivity index (χ4v) is 6.46. The molecule has 0 aromatic rings. The molecule has 0 radical (unpaired) electrons. The van der Waals surface area contributed by atoms with Crippen LogP contribution in [0.25, 0.3) is 0 Å². The molecule has 0 spiro atoms. The van der Waals surface area contributed by atoms with E-state index in [1.165, 1.54) is 167 Å². The molecule has 0 saturated carbocycles. The van der Waals surface area contributed by atoms with Crippen LogP contribution in [0.2, 0.25) is 0 Å². The summed E-state index contributed by atoms with van der Waals surface area (Å²) in [7, 11) is 0. The predicted octanol–water partition coefficient (Wildman–Crippen LogP) is 12.1. The van der Waals surface area contributed by atoms with Gasteiger partial charge in [0.15, 0.2) is 0 Å². The first-order valence-corrected chi connectivity index (χ1v) is 20.2. The van der Waals surface area contributed by atoms with E-state index in [4.69, 9.17) is 6.20 Å². The second kappa shape index (κ2) is 35.9. The summed E-state index contributed by atoms with van der Waals surface area (Å²) in [6.07, 6.45) is 40.4. The Hall–Kier alpha value is -0.270. The Kier molecular flexibility index (Phi) is 35.7. The van der Waals surface area contributed by atoms with Crippen molar-refractivity contribution in [2.45, 2.75) is 219 Å². The smallest absolute Gasteiger partial charge is 0.0654 e. The van der Waals surface area contributed by atoms with Gasteiger partial charge in [0, 0.05) is 0 Å². The van der Waals surface area contributed by atoms with Crippen molar-refractivity contribution >= 4 is 33.7 Å². The summed E-state index contributed by atoms with van der Waals surface area (Å²) in [4.78, 5) is 23.8. The molecule has 4 nitrogen and oxygen atoms in total. The van der Waals surface area contributed by atoms with Crippen molar-refractivity contribution < 1.29 is 15.8 Å². The van der Waals surface area contributed by atoms with Crippen LogP contribution in [0.4, 0.5) is 0 Å². The summed E-state index contributed by atoms with van der Waals surface area (Å²) >= 11 is -1.43. The molecule has 244 valence electrons. The second-order valence-corrected chi connectivity index (χ2v) is 13.7. The molecule has 0 heterocycles. The Bertz CT molecular complexity index is 494. The van der Waals surface area contributed by atoms with Crippen LogP contribution < -0.4 is 0 Å². The first-order chi connectivity index (χ1) is 20.2. The van der Waals surface area contributed by atoms with Gasteiger partial charge in [0.2, 0.25) is 0 Å². The monoisotopic (exact) mass is 696 g/mol. The van der Waals surface area contributed by atoms with Gasteiger partial charge in [-0.1, -0.05) is 90.9 Å². The Morgan fingerprint density at radius 1 is 0.341 bits per heavy atom. The topological polar surface area (TPSA) is 52.6 Å². The molecule has 0 unspecified atom stereocenters. The normalized spacial score (nSPS) is 11.2. The van der Waals surface area contributed by atoms with E-state index in [1.54, 1.807) is 0 Å². The van der Waals surface area contributed by atoms with Crippen molar-refractivity contribution in [1.82, 2.24) is 0 Å². The van der Waals surface area contributed by atoms with Crippen molar-refractivity contribution in [2.24, 2.45) is 0 Å². The van der Waals surface area contributed by atoms with E-state index in [1.807, 2.05) is 0 Å². The van der Waals surface area contributed by atoms with Crippen molar-refractivity contribution in [2.75, 3.05) is 0 Å². The maximum atomic E-state index is 11.9. The van der Waals surface area contributed by atoms with Gasteiger partial charge in [0.05, 0.1) is 0 Å². The molecule has 0 atom stereocenters. The predicted molar refractivity (Wildman–Crippen MR) is 177 cm³/mol. The molecule has 41 heavy (non-hydrogen) atoms. The number of rotatable bonds is 34. The van der Waals surface area contributed by atoms with Crippen LogP contribution in [0.5, 0.6) is 0 Å². The zero-order valence-corrected chi connectivity index (χ0v) is 30.0. The van der Waals surface area contributed by atoms with E-state index in [0.29, 0.717) is 12.8 Å². The Labute approximate surface area is 267 Å². The van der Waals surface area contributed by atoms with Crippen LogP contribution in [0.3, 0.4) is 0 Å². The van der Waals surface area contributed by atoms with Crippen LogP contribution in [0.15, 0.2) is 0 Å². The Morgan fingerprint density at radius 2 is 0.537 bits per heavy atom. The molecule has 0 amide bonds. The average molecular weight is 695 g/mol. The number of carbonyl (C=O) groups is 2. The van der Waals surface area contributed by atoms with Crippen molar-refractivity contribution in [3.63, 3.8) is 0 Å². The third kappa shape index (κ3) is 35.8. The van der Waals surface area contributed by atoms with E-state index in [2.05, 4.69) is 13.8 Å². The number of hydrogen-bond donors (Lipinski definition) is 0. The standard InChI is InChI=1S/C36H70O4Te/c1-3-5-7-9-11-13-15-17-19-21-23-25-27-29-31-33-35(37)39-41-40-36(38)34-32-30-28-26-24-22-20-18-16-14-12-10-8-6-4-2/h3-34H2,1-2H3. The molecule has 0 aliphatic carbocycles. The molecule has 0 aliphatic heterocycles. The van der Waals surface area contributed by atoms with Gasteiger partial charge in [-0.2, -0.15) is 0 Å². The third-order valence-corrected chi connectivity index (χ3v) is 9.67. The molecular formula is C36H70O4Te. The van der Waals surface area contributed by atoms with E-state index in [9.17, 15) is 9.59 Å². The van der Waals surface area contributed by atoms with Gasteiger partial charge in [-0.05, 0) is 0 Å². The molecule has 0 fully saturated rings. The van der Waals surface area contributed by atoms with Crippen LogP contribution >= 0.6 is 0 Å². The third-order valence-electron chi connectivity index (χ3n) is 8.22. The summed E-state index contributed by atoms with van der Waals surface area (Å²) in [5, 5.41) is 0. The van der Waals surface area contributed by atoms with E-state index >= 15 is 0 Å². The second-order valence-electron chi connectivity index (χ2n) is 12.4. The molecule has 0 saturated heterocycles. The SMILES string of the molecule is CCCCCCCCCCCCCCCCCC(=O)O[Te]OC(=O)CCCCCCCCCCCCCCCCC. The summed E-state index contributed by atoms with van der Waals surface area (Å²) in [5.74, 6) is -0.385. The van der Waals surface area contributed by atoms with Gasteiger partial charge in [0.25, 0.3) is 0 Å². The van der Waals surface area contributed by atoms with E-state index in [0.717, 1.165) is 25.7 Å². The van der Waals surface area contributed by atoms with Gasteiger partial charge < -0.3 is 0 Å². The minimum Gasteiger partial charge on any atom is -0.0654 e. The van der Waals surface area contributed by atoms with Gasteiger partial charge in [-0.3, -0.25) is 0 Å². The first kappa shape index (κ1) is 40.7. The molecule has 0 N–H and O–H groups in total. The molecule has 0 bridgehead atoms.